The van der Waals surface area contributed by atoms with Gasteiger partial charge in [0.1, 0.15) is 12.1 Å². The molecule has 2 aromatic carbocycles. The maximum Gasteiger partial charge on any atom is 0.230 e. The van der Waals surface area contributed by atoms with Crippen molar-refractivity contribution >= 4 is 17.7 Å². The van der Waals surface area contributed by atoms with Crippen LogP contribution < -0.4 is 10.1 Å². The van der Waals surface area contributed by atoms with Gasteiger partial charge in [-0.15, -0.1) is 10.2 Å². The van der Waals surface area contributed by atoms with Gasteiger partial charge in [-0.2, -0.15) is 0 Å². The van der Waals surface area contributed by atoms with E-state index >= 15 is 0 Å². The first-order valence-corrected chi connectivity index (χ1v) is 10.1. The Morgan fingerprint density at radius 3 is 2.82 bits per heavy atom. The number of carbonyl (C=O) groups is 1. The van der Waals surface area contributed by atoms with Crippen molar-refractivity contribution in [2.45, 2.75) is 31.0 Å². The van der Waals surface area contributed by atoms with Crippen LogP contribution in [0.3, 0.4) is 0 Å². The maximum atomic E-state index is 12.3. The lowest BCUT2D eigenvalue weighted by Gasteiger charge is -2.14. The van der Waals surface area contributed by atoms with Crippen LogP contribution in [-0.4, -0.2) is 39.6 Å². The molecule has 1 heterocycles. The number of nitrogens with one attached hydrogen (secondary N) is 1. The summed E-state index contributed by atoms with van der Waals surface area (Å²) in [6, 6.07) is 18.0. The fraction of sp³-hybridized carbons (Fsp3) is 0.286. The predicted octanol–water partition coefficient (Wildman–Crippen LogP) is 3.51. The molecule has 0 aliphatic carbocycles. The molecule has 7 heteroatoms. The first-order valence-electron chi connectivity index (χ1n) is 9.16. The molecule has 0 saturated carbocycles. The van der Waals surface area contributed by atoms with Gasteiger partial charge in [0.15, 0.2) is 5.16 Å². The van der Waals surface area contributed by atoms with Crippen molar-refractivity contribution in [3.05, 3.63) is 66.5 Å². The maximum absolute atomic E-state index is 12.3. The lowest BCUT2D eigenvalue weighted by atomic mass is 10.1. The van der Waals surface area contributed by atoms with Gasteiger partial charge in [-0.25, -0.2) is 0 Å². The Balaban J connectivity index is 1.50. The number of methoxy groups -OCH3 is 1. The van der Waals surface area contributed by atoms with Gasteiger partial charge in [-0.05, 0) is 37.5 Å². The molecular formula is C21H24N4O2S. The Bertz CT molecular complexity index is 898. The summed E-state index contributed by atoms with van der Waals surface area (Å²) in [6.45, 7) is 2.03. The van der Waals surface area contributed by atoms with Gasteiger partial charge >= 0.3 is 0 Å². The molecule has 1 atom stereocenters. The van der Waals surface area contributed by atoms with Crippen LogP contribution in [0.4, 0.5) is 0 Å². The van der Waals surface area contributed by atoms with Crippen molar-refractivity contribution in [1.29, 1.82) is 0 Å². The normalized spacial score (nSPS) is 11.8. The number of hydrogen-bond donors (Lipinski definition) is 1. The molecule has 1 N–H and O–H groups in total. The number of ether oxygens (including phenoxy) is 1. The van der Waals surface area contributed by atoms with Crippen LogP contribution in [0, 0.1) is 0 Å². The topological polar surface area (TPSA) is 69.0 Å². The smallest absolute Gasteiger partial charge is 0.230 e. The van der Waals surface area contributed by atoms with Crippen LogP contribution in [-0.2, 0) is 11.2 Å². The van der Waals surface area contributed by atoms with Gasteiger partial charge in [0.05, 0.1) is 18.6 Å². The van der Waals surface area contributed by atoms with Crippen molar-refractivity contribution < 1.29 is 9.53 Å². The second-order valence-electron chi connectivity index (χ2n) is 6.47. The molecule has 0 aliphatic heterocycles. The van der Waals surface area contributed by atoms with E-state index in [1.807, 2.05) is 54.0 Å². The second-order valence-corrected chi connectivity index (χ2v) is 7.41. The third-order valence-corrected chi connectivity index (χ3v) is 5.24. The molecule has 0 saturated heterocycles. The molecule has 3 rings (SSSR count). The molecule has 1 unspecified atom stereocenters. The SMILES string of the molecule is COc1cccc(-n2cnnc2SCC(=O)NC(C)CCc2ccccc2)c1. The van der Waals surface area contributed by atoms with Gasteiger partial charge in [0, 0.05) is 12.1 Å². The zero-order valence-electron chi connectivity index (χ0n) is 16.0. The molecule has 6 nitrogen and oxygen atoms in total. The van der Waals surface area contributed by atoms with Crippen molar-refractivity contribution in [2.75, 3.05) is 12.9 Å². The minimum Gasteiger partial charge on any atom is -0.497 e. The average Bonchev–Trinajstić information content (AvgIpc) is 3.20. The van der Waals surface area contributed by atoms with E-state index in [1.165, 1.54) is 17.3 Å². The number of amides is 1. The Hall–Kier alpha value is -2.80. The van der Waals surface area contributed by atoms with E-state index in [-0.39, 0.29) is 11.9 Å². The van der Waals surface area contributed by atoms with Gasteiger partial charge in [-0.3, -0.25) is 9.36 Å². The molecule has 0 fully saturated rings. The van der Waals surface area contributed by atoms with Crippen molar-refractivity contribution in [3.8, 4) is 11.4 Å². The third kappa shape index (κ3) is 5.60. The number of aryl methyl sites for hydroxylation is 1. The summed E-state index contributed by atoms with van der Waals surface area (Å²) >= 11 is 1.36. The molecule has 0 spiro atoms. The fourth-order valence-electron chi connectivity index (χ4n) is 2.81. The molecule has 0 radical (unpaired) electrons. The number of hydrogen-bond acceptors (Lipinski definition) is 5. The zero-order chi connectivity index (χ0) is 19.8. The summed E-state index contributed by atoms with van der Waals surface area (Å²) in [5.74, 6) is 1.04. The monoisotopic (exact) mass is 396 g/mol. The minimum absolute atomic E-state index is 0.00856. The Kier molecular flexibility index (Phi) is 7.08. The quantitative estimate of drug-likeness (QED) is 0.561. The molecular weight excluding hydrogens is 372 g/mol. The zero-order valence-corrected chi connectivity index (χ0v) is 16.9. The number of rotatable bonds is 9. The van der Waals surface area contributed by atoms with Crippen molar-refractivity contribution in [3.63, 3.8) is 0 Å². The lowest BCUT2D eigenvalue weighted by Crippen LogP contribution is -2.34. The lowest BCUT2D eigenvalue weighted by molar-refractivity contribution is -0.119. The molecule has 0 bridgehead atoms. The highest BCUT2D eigenvalue weighted by Crippen LogP contribution is 2.22. The summed E-state index contributed by atoms with van der Waals surface area (Å²) in [7, 11) is 1.63. The van der Waals surface area contributed by atoms with Crippen LogP contribution in [0.25, 0.3) is 5.69 Å². The molecule has 1 amide bonds. The summed E-state index contributed by atoms with van der Waals surface area (Å²) in [5.41, 5.74) is 2.17. The Morgan fingerprint density at radius 1 is 1.21 bits per heavy atom. The fourth-order valence-corrected chi connectivity index (χ4v) is 3.55. The minimum atomic E-state index is -0.00856. The van der Waals surface area contributed by atoms with Gasteiger partial charge in [0.25, 0.3) is 0 Å². The average molecular weight is 397 g/mol. The predicted molar refractivity (Wildman–Crippen MR) is 111 cm³/mol. The van der Waals surface area contributed by atoms with Crippen LogP contribution in [0.1, 0.15) is 18.9 Å². The summed E-state index contributed by atoms with van der Waals surface area (Å²) in [6.07, 6.45) is 3.48. The van der Waals surface area contributed by atoms with E-state index in [0.717, 1.165) is 24.3 Å². The number of thioether (sulfide) groups is 1. The summed E-state index contributed by atoms with van der Waals surface area (Å²) < 4.78 is 7.11. The van der Waals surface area contributed by atoms with Crippen LogP contribution >= 0.6 is 11.8 Å². The highest BCUT2D eigenvalue weighted by molar-refractivity contribution is 7.99. The van der Waals surface area contributed by atoms with Crippen LogP contribution in [0.15, 0.2) is 66.1 Å². The van der Waals surface area contributed by atoms with Crippen LogP contribution in [0.2, 0.25) is 0 Å². The number of carbonyl (C=O) groups excluding carboxylic acids is 1. The van der Waals surface area contributed by atoms with E-state index in [2.05, 4.69) is 27.6 Å². The molecule has 28 heavy (non-hydrogen) atoms. The summed E-state index contributed by atoms with van der Waals surface area (Å²) in [4.78, 5) is 12.3. The number of benzene rings is 2. The van der Waals surface area contributed by atoms with Crippen molar-refractivity contribution in [1.82, 2.24) is 20.1 Å². The van der Waals surface area contributed by atoms with Crippen LogP contribution in [0.5, 0.6) is 5.75 Å². The third-order valence-electron chi connectivity index (χ3n) is 4.30. The molecule has 3 aromatic rings. The Morgan fingerprint density at radius 2 is 2.04 bits per heavy atom. The van der Waals surface area contributed by atoms with Gasteiger partial charge < -0.3 is 10.1 Å². The van der Waals surface area contributed by atoms with E-state index < -0.39 is 0 Å². The Labute approximate surface area is 169 Å². The largest absolute Gasteiger partial charge is 0.497 e. The molecule has 0 aliphatic rings. The standard InChI is InChI=1S/C21H24N4O2S/c1-16(11-12-17-7-4-3-5-8-17)23-20(26)14-28-21-24-22-15-25(21)18-9-6-10-19(13-18)27-2/h3-10,13,15-16H,11-12,14H2,1-2H3,(H,23,26). The highest BCUT2D eigenvalue weighted by atomic mass is 32.2. The molecule has 146 valence electrons. The first kappa shape index (κ1) is 19.9. The van der Waals surface area contributed by atoms with E-state index in [4.69, 9.17) is 4.74 Å². The van der Waals surface area contributed by atoms with E-state index in [1.54, 1.807) is 13.4 Å². The second kappa shape index (κ2) is 9.94. The van der Waals surface area contributed by atoms with E-state index in [0.29, 0.717) is 10.9 Å². The van der Waals surface area contributed by atoms with Gasteiger partial charge in [-0.1, -0.05) is 48.2 Å². The molecule has 1 aromatic heterocycles. The van der Waals surface area contributed by atoms with Gasteiger partial charge in [0.2, 0.25) is 5.91 Å². The highest BCUT2D eigenvalue weighted by Gasteiger charge is 2.12. The summed E-state index contributed by atoms with van der Waals surface area (Å²) in [5, 5.41) is 11.8. The van der Waals surface area contributed by atoms with Crippen molar-refractivity contribution in [2.24, 2.45) is 0 Å². The van der Waals surface area contributed by atoms with E-state index in [9.17, 15) is 4.79 Å². The first-order chi connectivity index (χ1) is 13.7. The number of aromatic nitrogens is 3. The number of nitrogens with zero attached hydrogens (tertiary/aromatic N) is 3.